The molecule has 2 bridgehead atoms. The SMILES string of the molecule is O=C(NCc1ccncc1)[C@H]1CC[C@H]2CN1C(=O)N2OS(=O)(=O)O. The highest BCUT2D eigenvalue weighted by Gasteiger charge is 2.49. The molecule has 24 heavy (non-hydrogen) atoms. The van der Waals surface area contributed by atoms with Gasteiger partial charge < -0.3 is 10.2 Å². The molecule has 0 aromatic carbocycles. The summed E-state index contributed by atoms with van der Waals surface area (Å²) in [4.78, 5) is 29.7. The molecule has 2 atom stereocenters. The Morgan fingerprint density at radius 2 is 2.08 bits per heavy atom. The van der Waals surface area contributed by atoms with Crippen molar-refractivity contribution in [3.05, 3.63) is 30.1 Å². The molecule has 0 aliphatic carbocycles. The maximum absolute atomic E-state index is 12.3. The number of hydrogen-bond acceptors (Lipinski definition) is 6. The van der Waals surface area contributed by atoms with Gasteiger partial charge in [-0.05, 0) is 30.5 Å². The number of piperidine rings is 1. The first-order valence-electron chi connectivity index (χ1n) is 7.28. The van der Waals surface area contributed by atoms with E-state index in [2.05, 4.69) is 14.6 Å². The van der Waals surface area contributed by atoms with Crippen LogP contribution in [0.15, 0.2) is 24.5 Å². The predicted molar refractivity (Wildman–Crippen MR) is 79.5 cm³/mol. The molecule has 11 heteroatoms. The van der Waals surface area contributed by atoms with Gasteiger partial charge in [0.2, 0.25) is 5.91 Å². The molecule has 0 unspecified atom stereocenters. The Bertz CT molecular complexity index is 740. The van der Waals surface area contributed by atoms with Gasteiger partial charge in [-0.2, -0.15) is 13.5 Å². The topological polar surface area (TPSA) is 129 Å². The van der Waals surface area contributed by atoms with Crippen LogP contribution < -0.4 is 5.32 Å². The van der Waals surface area contributed by atoms with Crippen molar-refractivity contribution in [3.8, 4) is 0 Å². The fourth-order valence-corrected chi connectivity index (χ4v) is 3.30. The lowest BCUT2D eigenvalue weighted by molar-refractivity contribution is -0.126. The number of hydrogen-bond donors (Lipinski definition) is 2. The first kappa shape index (κ1) is 16.6. The average molecular weight is 356 g/mol. The lowest BCUT2D eigenvalue weighted by atomic mass is 10.0. The van der Waals surface area contributed by atoms with E-state index in [9.17, 15) is 18.0 Å². The van der Waals surface area contributed by atoms with Crippen LogP contribution in [0.4, 0.5) is 4.79 Å². The summed E-state index contributed by atoms with van der Waals surface area (Å²) >= 11 is 0. The molecule has 2 saturated heterocycles. The number of carbonyl (C=O) groups excluding carboxylic acids is 2. The second kappa shape index (κ2) is 6.34. The second-order valence-corrected chi connectivity index (χ2v) is 6.59. The monoisotopic (exact) mass is 356 g/mol. The summed E-state index contributed by atoms with van der Waals surface area (Å²) in [5, 5.41) is 3.36. The van der Waals surface area contributed by atoms with E-state index in [1.54, 1.807) is 24.5 Å². The third-order valence-electron chi connectivity index (χ3n) is 4.02. The maximum Gasteiger partial charge on any atom is 0.418 e. The summed E-state index contributed by atoms with van der Waals surface area (Å²) in [6, 6.07) is 1.56. The van der Waals surface area contributed by atoms with E-state index in [0.717, 1.165) is 5.56 Å². The molecule has 2 fully saturated rings. The van der Waals surface area contributed by atoms with Gasteiger partial charge in [0.05, 0.1) is 6.04 Å². The Morgan fingerprint density at radius 3 is 2.75 bits per heavy atom. The number of aromatic nitrogens is 1. The fourth-order valence-electron chi connectivity index (χ4n) is 2.91. The van der Waals surface area contributed by atoms with Crippen molar-refractivity contribution in [2.75, 3.05) is 6.54 Å². The van der Waals surface area contributed by atoms with E-state index in [-0.39, 0.29) is 12.5 Å². The molecule has 1 aromatic rings. The third-order valence-corrected chi connectivity index (χ3v) is 4.37. The first-order chi connectivity index (χ1) is 11.3. The molecule has 2 N–H and O–H groups in total. The maximum atomic E-state index is 12.3. The van der Waals surface area contributed by atoms with E-state index in [1.807, 2.05) is 0 Å². The number of rotatable bonds is 5. The van der Waals surface area contributed by atoms with Crippen LogP contribution >= 0.6 is 0 Å². The molecular formula is C13H16N4O6S. The van der Waals surface area contributed by atoms with E-state index >= 15 is 0 Å². The van der Waals surface area contributed by atoms with Crippen molar-refractivity contribution in [2.24, 2.45) is 0 Å². The summed E-state index contributed by atoms with van der Waals surface area (Å²) < 4.78 is 34.7. The molecule has 1 aromatic heterocycles. The molecule has 0 spiro atoms. The van der Waals surface area contributed by atoms with Crippen molar-refractivity contribution in [1.82, 2.24) is 20.3 Å². The molecular weight excluding hydrogens is 340 g/mol. The quantitative estimate of drug-likeness (QED) is 0.693. The van der Waals surface area contributed by atoms with Gasteiger partial charge >= 0.3 is 16.4 Å². The highest BCUT2D eigenvalue weighted by Crippen LogP contribution is 2.30. The van der Waals surface area contributed by atoms with Gasteiger partial charge in [0.25, 0.3) is 0 Å². The number of fused-ring (bicyclic) bond motifs is 2. The summed E-state index contributed by atoms with van der Waals surface area (Å²) in [5.41, 5.74) is 0.871. The molecule has 130 valence electrons. The van der Waals surface area contributed by atoms with Crippen molar-refractivity contribution in [3.63, 3.8) is 0 Å². The molecule has 3 heterocycles. The van der Waals surface area contributed by atoms with E-state index < -0.39 is 28.5 Å². The van der Waals surface area contributed by atoms with Crippen molar-refractivity contribution in [2.45, 2.75) is 31.5 Å². The minimum atomic E-state index is -4.79. The highest BCUT2D eigenvalue weighted by atomic mass is 32.3. The zero-order valence-corrected chi connectivity index (χ0v) is 13.3. The normalized spacial score (nSPS) is 23.5. The fraction of sp³-hybridized carbons (Fsp3) is 0.462. The Balaban J connectivity index is 1.64. The standard InChI is InChI=1S/C13H16N4O6S/c18-12(15-7-9-3-5-14-6-4-9)11-2-1-10-8-16(11)13(19)17(10)23-24(20,21)22/h3-6,10-11H,1-2,7-8H2,(H,15,18)(H,20,21,22)/t10-,11+/m0/s1. The van der Waals surface area contributed by atoms with Crippen LogP contribution in [0.1, 0.15) is 18.4 Å². The number of carbonyl (C=O) groups is 2. The number of hydroxylamine groups is 2. The van der Waals surface area contributed by atoms with Gasteiger partial charge in [0.15, 0.2) is 0 Å². The zero-order chi connectivity index (χ0) is 17.3. The number of nitrogens with zero attached hydrogens (tertiary/aromatic N) is 3. The van der Waals surface area contributed by atoms with Crippen LogP contribution in [0.2, 0.25) is 0 Å². The van der Waals surface area contributed by atoms with Gasteiger partial charge in [-0.25, -0.2) is 4.79 Å². The summed E-state index contributed by atoms with van der Waals surface area (Å²) in [6.07, 6.45) is 4.00. The number of nitrogens with one attached hydrogen (secondary N) is 1. The summed E-state index contributed by atoms with van der Waals surface area (Å²) in [6.45, 7) is 0.468. The van der Waals surface area contributed by atoms with Gasteiger partial charge in [0.1, 0.15) is 6.04 Å². The molecule has 0 saturated carbocycles. The third kappa shape index (κ3) is 3.47. The minimum Gasteiger partial charge on any atom is -0.350 e. The molecule has 0 radical (unpaired) electrons. The molecule has 2 aliphatic rings. The van der Waals surface area contributed by atoms with Crippen LogP contribution in [-0.4, -0.2) is 58.5 Å². The van der Waals surface area contributed by atoms with Crippen molar-refractivity contribution < 1.29 is 26.8 Å². The average Bonchev–Trinajstić information content (AvgIpc) is 2.77. The van der Waals surface area contributed by atoms with E-state index in [4.69, 9.17) is 4.55 Å². The van der Waals surface area contributed by atoms with Crippen molar-refractivity contribution in [1.29, 1.82) is 0 Å². The van der Waals surface area contributed by atoms with Crippen LogP contribution in [0.25, 0.3) is 0 Å². The molecule has 3 amide bonds. The largest absolute Gasteiger partial charge is 0.418 e. The Morgan fingerprint density at radius 1 is 1.38 bits per heavy atom. The zero-order valence-electron chi connectivity index (χ0n) is 12.5. The number of amides is 3. The van der Waals surface area contributed by atoms with Gasteiger partial charge in [-0.15, -0.1) is 4.28 Å². The second-order valence-electron chi connectivity index (χ2n) is 5.58. The summed E-state index contributed by atoms with van der Waals surface area (Å²) in [5.74, 6) is -0.327. The lowest BCUT2D eigenvalue weighted by Crippen LogP contribution is -2.49. The first-order valence-corrected chi connectivity index (χ1v) is 8.65. The molecule has 2 aliphatic heterocycles. The predicted octanol–water partition coefficient (Wildman–Crippen LogP) is -0.299. The highest BCUT2D eigenvalue weighted by molar-refractivity contribution is 7.80. The van der Waals surface area contributed by atoms with E-state index in [0.29, 0.717) is 24.4 Å². The molecule has 10 nitrogen and oxygen atoms in total. The van der Waals surface area contributed by atoms with Gasteiger partial charge in [0, 0.05) is 25.5 Å². The number of urea groups is 1. The van der Waals surface area contributed by atoms with Gasteiger partial charge in [-0.3, -0.25) is 14.3 Å². The smallest absolute Gasteiger partial charge is 0.350 e. The Kier molecular flexibility index (Phi) is 4.39. The Hall–Kier alpha value is -2.24. The van der Waals surface area contributed by atoms with Crippen LogP contribution in [0.3, 0.4) is 0 Å². The minimum absolute atomic E-state index is 0.168. The van der Waals surface area contributed by atoms with Crippen LogP contribution in [-0.2, 0) is 26.0 Å². The van der Waals surface area contributed by atoms with E-state index in [1.165, 1.54) is 4.90 Å². The van der Waals surface area contributed by atoms with Crippen LogP contribution in [0, 0.1) is 0 Å². The lowest BCUT2D eigenvalue weighted by Gasteiger charge is -2.29. The molecule has 3 rings (SSSR count). The summed E-state index contributed by atoms with van der Waals surface area (Å²) in [7, 11) is -4.79. The van der Waals surface area contributed by atoms with Crippen molar-refractivity contribution >= 4 is 22.3 Å². The number of pyridine rings is 1. The Labute approximate surface area is 138 Å². The van der Waals surface area contributed by atoms with Gasteiger partial charge in [-0.1, -0.05) is 0 Å². The van der Waals surface area contributed by atoms with Crippen LogP contribution in [0.5, 0.6) is 0 Å².